The van der Waals surface area contributed by atoms with Crippen molar-refractivity contribution in [1.82, 2.24) is 0 Å². The van der Waals surface area contributed by atoms with Crippen LogP contribution in [0.1, 0.15) is 62.2 Å². The fraction of sp³-hybridized carbons (Fsp3) is 0.591. The summed E-state index contributed by atoms with van der Waals surface area (Å²) in [5.74, 6) is 1.17. The van der Waals surface area contributed by atoms with Gasteiger partial charge in [-0.3, -0.25) is 14.4 Å². The van der Waals surface area contributed by atoms with Crippen LogP contribution in [0, 0.1) is 23.2 Å². The molecule has 4 bridgehead atoms. The zero-order valence-electron chi connectivity index (χ0n) is 16.3. The molecule has 0 radical (unpaired) electrons. The maximum atomic E-state index is 12.6. The molecule has 4 fully saturated rings. The number of hydrogen-bond acceptors (Lipinski definition) is 4. The van der Waals surface area contributed by atoms with Gasteiger partial charge in [0.1, 0.15) is 0 Å². The summed E-state index contributed by atoms with van der Waals surface area (Å²) in [6, 6.07) is 6.28. The number of rotatable bonds is 6. The minimum atomic E-state index is -0.864. The molecule has 1 aromatic carbocycles. The number of amides is 2. The molecule has 0 heterocycles. The minimum Gasteiger partial charge on any atom is -0.453 e. The van der Waals surface area contributed by atoms with Gasteiger partial charge in [0.15, 0.2) is 6.10 Å². The van der Waals surface area contributed by atoms with Crippen molar-refractivity contribution in [2.75, 3.05) is 5.32 Å². The molecule has 2 amide bonds. The molecule has 0 spiro atoms. The lowest BCUT2D eigenvalue weighted by atomic mass is 9.49. The van der Waals surface area contributed by atoms with Crippen molar-refractivity contribution in [3.8, 4) is 0 Å². The second kappa shape index (κ2) is 7.22. The predicted octanol–water partition coefficient (Wildman–Crippen LogP) is 3.26. The largest absolute Gasteiger partial charge is 0.453 e. The van der Waals surface area contributed by atoms with Crippen LogP contribution in [0.4, 0.5) is 5.69 Å². The number of carbonyl (C=O) groups excluding carboxylic acids is 3. The first-order valence-corrected chi connectivity index (χ1v) is 10.2. The highest BCUT2D eigenvalue weighted by molar-refractivity contribution is 5.96. The van der Waals surface area contributed by atoms with Gasteiger partial charge in [0, 0.05) is 11.3 Å². The van der Waals surface area contributed by atoms with Crippen LogP contribution in [0.25, 0.3) is 0 Å². The van der Waals surface area contributed by atoms with Gasteiger partial charge >= 0.3 is 5.97 Å². The van der Waals surface area contributed by atoms with Crippen molar-refractivity contribution >= 4 is 23.5 Å². The molecule has 28 heavy (non-hydrogen) atoms. The van der Waals surface area contributed by atoms with Gasteiger partial charge in [-0.05, 0) is 92.9 Å². The smallest absolute Gasteiger partial charge is 0.307 e. The molecule has 0 saturated heterocycles. The van der Waals surface area contributed by atoms with Crippen LogP contribution in [0.5, 0.6) is 0 Å². The molecule has 0 aliphatic heterocycles. The van der Waals surface area contributed by atoms with Gasteiger partial charge in [0.2, 0.25) is 5.91 Å². The maximum absolute atomic E-state index is 12.6. The number of nitrogens with two attached hydrogens (primary N) is 1. The molecule has 3 N–H and O–H groups in total. The molecular formula is C22H28N2O4. The van der Waals surface area contributed by atoms with Gasteiger partial charge in [0.05, 0.1) is 6.42 Å². The quantitative estimate of drug-likeness (QED) is 0.736. The van der Waals surface area contributed by atoms with E-state index in [0.717, 1.165) is 37.0 Å². The topological polar surface area (TPSA) is 98.5 Å². The first-order chi connectivity index (χ1) is 13.3. The van der Waals surface area contributed by atoms with E-state index >= 15 is 0 Å². The molecule has 0 unspecified atom stereocenters. The van der Waals surface area contributed by atoms with E-state index in [-0.39, 0.29) is 17.3 Å². The second-order valence-electron chi connectivity index (χ2n) is 9.16. The van der Waals surface area contributed by atoms with Crippen LogP contribution < -0.4 is 11.1 Å². The summed E-state index contributed by atoms with van der Waals surface area (Å²) in [5.41, 5.74) is 6.21. The van der Waals surface area contributed by atoms with Gasteiger partial charge in [-0.2, -0.15) is 0 Å². The Morgan fingerprint density at radius 2 is 1.61 bits per heavy atom. The summed E-state index contributed by atoms with van der Waals surface area (Å²) < 4.78 is 5.46. The van der Waals surface area contributed by atoms with E-state index < -0.39 is 12.0 Å². The van der Waals surface area contributed by atoms with Crippen molar-refractivity contribution in [3.63, 3.8) is 0 Å². The van der Waals surface area contributed by atoms with Crippen LogP contribution in [0.3, 0.4) is 0 Å². The molecule has 4 aliphatic carbocycles. The Morgan fingerprint density at radius 1 is 1.07 bits per heavy atom. The molecular weight excluding hydrogens is 356 g/mol. The third-order valence-electron chi connectivity index (χ3n) is 6.80. The predicted molar refractivity (Wildman–Crippen MR) is 104 cm³/mol. The van der Waals surface area contributed by atoms with Crippen molar-refractivity contribution in [1.29, 1.82) is 0 Å². The standard InChI is InChI=1S/C22H28N2O4/c1-13(21(27)24-18-4-2-17(3-5-18)20(23)26)28-19(25)12-22-9-14-6-15(10-22)8-16(7-14)11-22/h2-5,13-16H,6-12H2,1H3,(H2,23,26)(H,24,27)/t13-,14?,15?,16?,22?/m1/s1. The maximum Gasteiger partial charge on any atom is 0.307 e. The van der Waals surface area contributed by atoms with E-state index in [2.05, 4.69) is 5.32 Å². The molecule has 150 valence electrons. The zero-order valence-corrected chi connectivity index (χ0v) is 16.3. The van der Waals surface area contributed by atoms with Gasteiger partial charge < -0.3 is 15.8 Å². The molecule has 4 aliphatic rings. The van der Waals surface area contributed by atoms with Crippen molar-refractivity contribution in [2.45, 2.75) is 58.0 Å². The lowest BCUT2D eigenvalue weighted by Crippen LogP contribution is -2.47. The summed E-state index contributed by atoms with van der Waals surface area (Å²) in [6.45, 7) is 1.59. The van der Waals surface area contributed by atoms with E-state index in [4.69, 9.17) is 10.5 Å². The SMILES string of the molecule is C[C@@H](OC(=O)CC12CC3CC(CC(C3)C1)C2)C(=O)Nc1ccc(C(N)=O)cc1. The Morgan fingerprint density at radius 3 is 2.11 bits per heavy atom. The monoisotopic (exact) mass is 384 g/mol. The molecule has 1 aromatic rings. The van der Waals surface area contributed by atoms with Gasteiger partial charge in [-0.25, -0.2) is 0 Å². The molecule has 0 aromatic heterocycles. The molecule has 6 nitrogen and oxygen atoms in total. The fourth-order valence-electron chi connectivity index (χ4n) is 6.07. The highest BCUT2D eigenvalue weighted by Gasteiger charge is 2.51. The Bertz CT molecular complexity index is 751. The number of anilines is 1. The lowest BCUT2D eigenvalue weighted by molar-refractivity contribution is -0.160. The summed E-state index contributed by atoms with van der Waals surface area (Å²) in [7, 11) is 0. The highest BCUT2D eigenvalue weighted by atomic mass is 16.5. The molecule has 1 atom stereocenters. The average molecular weight is 384 g/mol. The lowest BCUT2D eigenvalue weighted by Gasteiger charge is -2.56. The van der Waals surface area contributed by atoms with Crippen LogP contribution in [-0.4, -0.2) is 23.9 Å². The van der Waals surface area contributed by atoms with Crippen LogP contribution in [0.15, 0.2) is 24.3 Å². The Hall–Kier alpha value is -2.37. The van der Waals surface area contributed by atoms with Gasteiger partial charge in [0.25, 0.3) is 5.91 Å². The van der Waals surface area contributed by atoms with Crippen molar-refractivity contribution < 1.29 is 19.1 Å². The van der Waals surface area contributed by atoms with E-state index in [0.29, 0.717) is 17.7 Å². The number of esters is 1. The zero-order chi connectivity index (χ0) is 19.9. The van der Waals surface area contributed by atoms with Gasteiger partial charge in [-0.15, -0.1) is 0 Å². The molecule has 6 heteroatoms. The van der Waals surface area contributed by atoms with Gasteiger partial charge in [-0.1, -0.05) is 0 Å². The summed E-state index contributed by atoms with van der Waals surface area (Å²) in [4.78, 5) is 36.0. The number of carbonyl (C=O) groups is 3. The van der Waals surface area contributed by atoms with E-state index in [1.807, 2.05) is 0 Å². The number of benzene rings is 1. The first kappa shape index (κ1) is 19.0. The second-order valence-corrected chi connectivity index (χ2v) is 9.16. The third kappa shape index (κ3) is 3.91. The Labute approximate surface area is 165 Å². The van der Waals surface area contributed by atoms with Crippen molar-refractivity contribution in [2.24, 2.45) is 28.9 Å². The summed E-state index contributed by atoms with van der Waals surface area (Å²) in [6.07, 6.45) is 6.99. The number of hydrogen-bond donors (Lipinski definition) is 2. The van der Waals surface area contributed by atoms with Crippen LogP contribution in [-0.2, 0) is 14.3 Å². The van der Waals surface area contributed by atoms with E-state index in [1.165, 1.54) is 19.3 Å². The first-order valence-electron chi connectivity index (χ1n) is 10.2. The molecule has 5 rings (SSSR count). The molecule has 4 saturated carbocycles. The average Bonchev–Trinajstić information content (AvgIpc) is 2.60. The van der Waals surface area contributed by atoms with E-state index in [9.17, 15) is 14.4 Å². The van der Waals surface area contributed by atoms with Crippen molar-refractivity contribution in [3.05, 3.63) is 29.8 Å². The summed E-state index contributed by atoms with van der Waals surface area (Å²) >= 11 is 0. The minimum absolute atomic E-state index is 0.104. The number of primary amides is 1. The Balaban J connectivity index is 1.30. The number of nitrogens with one attached hydrogen (secondary N) is 1. The normalized spacial score (nSPS) is 31.2. The Kier molecular flexibility index (Phi) is 4.89. The fourth-order valence-corrected chi connectivity index (χ4v) is 6.07. The number of ether oxygens (including phenoxy) is 1. The van der Waals surface area contributed by atoms with Crippen LogP contribution >= 0.6 is 0 Å². The highest BCUT2D eigenvalue weighted by Crippen LogP contribution is 2.61. The van der Waals surface area contributed by atoms with E-state index in [1.54, 1.807) is 31.2 Å². The summed E-state index contributed by atoms with van der Waals surface area (Å²) in [5, 5.41) is 2.70. The van der Waals surface area contributed by atoms with Crippen LogP contribution in [0.2, 0.25) is 0 Å². The third-order valence-corrected chi connectivity index (χ3v) is 6.80.